The summed E-state index contributed by atoms with van der Waals surface area (Å²) >= 11 is 0. The number of nitrogens with zero attached hydrogens (tertiary/aromatic N) is 4. The number of benzene rings is 3. The van der Waals surface area contributed by atoms with Gasteiger partial charge in [-0.05, 0) is 18.6 Å². The Hall–Kier alpha value is -4.50. The van der Waals surface area contributed by atoms with Gasteiger partial charge in [0.05, 0.1) is 35.3 Å². The Morgan fingerprint density at radius 1 is 0.585 bits per heavy atom. The lowest BCUT2D eigenvalue weighted by Gasteiger charge is -2.29. The predicted molar refractivity (Wildman–Crippen MR) is 154 cm³/mol. The van der Waals surface area contributed by atoms with Crippen LogP contribution in [-0.4, -0.2) is 68.2 Å². The molecule has 0 atom stereocenters. The Balaban J connectivity index is 1.39. The largest absolute Gasteiger partial charge is 0.395 e. The third-order valence-electron chi connectivity index (χ3n) is 8.54. The van der Waals surface area contributed by atoms with Crippen LogP contribution in [0.3, 0.4) is 0 Å². The van der Waals surface area contributed by atoms with Crippen LogP contribution in [0.5, 0.6) is 0 Å². The first-order valence-electron chi connectivity index (χ1n) is 14.2. The van der Waals surface area contributed by atoms with Crippen LogP contribution in [0.4, 0.5) is 0 Å². The normalized spacial score (nSPS) is 15.1. The number of imide groups is 2. The number of pyridine rings is 2. The van der Waals surface area contributed by atoms with Crippen molar-refractivity contribution in [3.05, 3.63) is 58.9 Å². The average molecular weight is 549 g/mol. The van der Waals surface area contributed by atoms with Gasteiger partial charge in [0, 0.05) is 62.4 Å². The molecule has 0 saturated heterocycles. The van der Waals surface area contributed by atoms with Gasteiger partial charge in [0.1, 0.15) is 0 Å². The van der Waals surface area contributed by atoms with E-state index in [1.54, 1.807) is 24.4 Å². The van der Waals surface area contributed by atoms with Gasteiger partial charge in [0.15, 0.2) is 0 Å². The highest BCUT2D eigenvalue weighted by atomic mass is 16.3. The lowest BCUT2D eigenvalue weighted by molar-refractivity contribution is 0.0574. The zero-order valence-corrected chi connectivity index (χ0v) is 22.7. The first kappa shape index (κ1) is 25.5. The molecule has 4 heterocycles. The maximum Gasteiger partial charge on any atom is 0.263 e. The summed E-state index contributed by atoms with van der Waals surface area (Å²) < 4.78 is 0. The molecule has 0 fully saturated rings. The van der Waals surface area contributed by atoms with E-state index in [0.717, 1.165) is 37.0 Å². The molecule has 41 heavy (non-hydrogen) atoms. The van der Waals surface area contributed by atoms with Gasteiger partial charge in [0.2, 0.25) is 0 Å². The number of amides is 4. The molecule has 0 bridgehead atoms. The summed E-state index contributed by atoms with van der Waals surface area (Å²) in [5.74, 6) is -1.61. The van der Waals surface area contributed by atoms with Crippen LogP contribution in [0.25, 0.3) is 43.4 Å². The minimum Gasteiger partial charge on any atom is -0.395 e. The molecule has 3 aromatic carbocycles. The van der Waals surface area contributed by atoms with E-state index in [2.05, 4.69) is 11.9 Å². The van der Waals surface area contributed by atoms with Crippen molar-refractivity contribution in [3.63, 3.8) is 0 Å². The third-order valence-corrected chi connectivity index (χ3v) is 8.54. The van der Waals surface area contributed by atoms with Crippen molar-refractivity contribution >= 4 is 67.0 Å². The minimum absolute atomic E-state index is 0.102. The van der Waals surface area contributed by atoms with Gasteiger partial charge in [0.25, 0.3) is 23.6 Å². The number of aliphatic hydroxyl groups excluding tert-OH is 1. The number of hydrogen-bond acceptors (Lipinski definition) is 7. The van der Waals surface area contributed by atoms with E-state index in [1.165, 1.54) is 17.5 Å². The number of carbonyl (C=O) groups is 4. The molecule has 0 unspecified atom stereocenters. The molecule has 9 heteroatoms. The number of aliphatic hydroxyl groups is 1. The fourth-order valence-corrected chi connectivity index (χ4v) is 6.58. The van der Waals surface area contributed by atoms with Crippen LogP contribution in [0.2, 0.25) is 0 Å². The number of fused-ring (bicyclic) bond motifs is 2. The molecule has 0 radical (unpaired) electrons. The zero-order valence-electron chi connectivity index (χ0n) is 22.7. The van der Waals surface area contributed by atoms with Crippen molar-refractivity contribution in [2.75, 3.05) is 19.7 Å². The lowest BCUT2D eigenvalue weighted by Crippen LogP contribution is -2.42. The lowest BCUT2D eigenvalue weighted by atomic mass is 9.86. The number of carbonyl (C=O) groups excluding carboxylic acids is 4. The molecule has 2 aromatic heterocycles. The second kappa shape index (κ2) is 9.55. The third kappa shape index (κ3) is 3.51. The Morgan fingerprint density at radius 2 is 1.05 bits per heavy atom. The molecule has 1 N–H and O–H groups in total. The highest BCUT2D eigenvalue weighted by Crippen LogP contribution is 2.44. The number of rotatable bonds is 9. The molecule has 0 spiro atoms. The smallest absolute Gasteiger partial charge is 0.263 e. The van der Waals surface area contributed by atoms with Gasteiger partial charge >= 0.3 is 0 Å². The quantitative estimate of drug-likeness (QED) is 0.118. The number of aromatic nitrogens is 2. The van der Waals surface area contributed by atoms with Crippen LogP contribution in [-0.2, 0) is 0 Å². The fourth-order valence-electron chi connectivity index (χ4n) is 6.58. The highest BCUT2D eigenvalue weighted by molar-refractivity contribution is 6.39. The van der Waals surface area contributed by atoms with E-state index in [-0.39, 0.29) is 25.0 Å². The summed E-state index contributed by atoms with van der Waals surface area (Å²) in [6.07, 6.45) is 9.34. The molecule has 0 saturated carbocycles. The molecule has 9 nitrogen and oxygen atoms in total. The fraction of sp³-hybridized carbons (Fsp3) is 0.312. The maximum absolute atomic E-state index is 13.6. The van der Waals surface area contributed by atoms with Gasteiger partial charge in [-0.3, -0.25) is 38.9 Å². The van der Waals surface area contributed by atoms with E-state index < -0.39 is 11.8 Å². The standard InChI is InChI=1S/C32H28N4O5/c1-2-3-4-5-6-7-12-35-29(38)19-10-8-17-25-23(19)21(31(35)40)15-33-27(25)18-9-11-20-24-22(16-34-28(17)26(18)24)32(41)36(13-14-37)30(20)39/h8-11,15-16,37H,2-7,12-14H2,1H3. The van der Waals surface area contributed by atoms with Crippen LogP contribution in [0.15, 0.2) is 36.7 Å². The Labute approximate surface area is 235 Å². The maximum atomic E-state index is 13.6. The molecular weight excluding hydrogens is 520 g/mol. The Bertz CT molecular complexity index is 1830. The number of β-amino-alcohol motifs (C(OH)–C–C–N with tert-alkyl or cyclic N) is 1. The monoisotopic (exact) mass is 548 g/mol. The molecule has 2 aliphatic rings. The molecule has 206 valence electrons. The zero-order chi connectivity index (χ0) is 28.4. The van der Waals surface area contributed by atoms with E-state index in [4.69, 9.17) is 4.98 Å². The van der Waals surface area contributed by atoms with Gasteiger partial charge in [-0.2, -0.15) is 0 Å². The van der Waals surface area contributed by atoms with Crippen LogP contribution in [0.1, 0.15) is 86.9 Å². The van der Waals surface area contributed by atoms with E-state index >= 15 is 0 Å². The molecule has 0 aliphatic carbocycles. The second-order valence-corrected chi connectivity index (χ2v) is 10.9. The van der Waals surface area contributed by atoms with Crippen LogP contribution < -0.4 is 0 Å². The summed E-state index contributed by atoms with van der Waals surface area (Å²) in [6.45, 7) is 2.11. The van der Waals surface area contributed by atoms with E-state index in [1.807, 2.05) is 6.07 Å². The van der Waals surface area contributed by atoms with Gasteiger partial charge in [-0.1, -0.05) is 51.2 Å². The molecule has 2 aliphatic heterocycles. The Morgan fingerprint density at radius 3 is 1.56 bits per heavy atom. The molecule has 5 aromatic rings. The first-order valence-corrected chi connectivity index (χ1v) is 14.2. The van der Waals surface area contributed by atoms with Crippen molar-refractivity contribution in [2.24, 2.45) is 0 Å². The summed E-state index contributed by atoms with van der Waals surface area (Å²) in [4.78, 5) is 65.4. The minimum atomic E-state index is -0.501. The molecule has 4 amide bonds. The van der Waals surface area contributed by atoms with E-state index in [9.17, 15) is 24.3 Å². The molecular formula is C32H28N4O5. The summed E-state index contributed by atoms with van der Waals surface area (Å²) in [7, 11) is 0. The summed E-state index contributed by atoms with van der Waals surface area (Å²) in [6, 6.07) is 7.03. The molecule has 7 rings (SSSR count). The van der Waals surface area contributed by atoms with Gasteiger partial charge in [-0.15, -0.1) is 0 Å². The first-order chi connectivity index (χ1) is 20.0. The average Bonchev–Trinajstić information content (AvgIpc) is 2.99. The van der Waals surface area contributed by atoms with Crippen LogP contribution >= 0.6 is 0 Å². The Kier molecular flexibility index (Phi) is 5.93. The predicted octanol–water partition coefficient (Wildman–Crippen LogP) is 5.07. The second-order valence-electron chi connectivity index (χ2n) is 10.9. The topological polar surface area (TPSA) is 121 Å². The highest BCUT2D eigenvalue weighted by Gasteiger charge is 2.37. The van der Waals surface area contributed by atoms with Crippen molar-refractivity contribution in [3.8, 4) is 0 Å². The van der Waals surface area contributed by atoms with E-state index in [0.29, 0.717) is 72.1 Å². The van der Waals surface area contributed by atoms with Gasteiger partial charge < -0.3 is 5.11 Å². The van der Waals surface area contributed by atoms with Crippen molar-refractivity contribution in [1.82, 2.24) is 19.8 Å². The van der Waals surface area contributed by atoms with Crippen molar-refractivity contribution < 1.29 is 24.3 Å². The van der Waals surface area contributed by atoms with Crippen molar-refractivity contribution in [1.29, 1.82) is 0 Å². The van der Waals surface area contributed by atoms with Crippen molar-refractivity contribution in [2.45, 2.75) is 45.4 Å². The summed E-state index contributed by atoms with van der Waals surface area (Å²) in [5, 5.41) is 13.2. The number of hydrogen-bond donors (Lipinski definition) is 1. The van der Waals surface area contributed by atoms with Gasteiger partial charge in [-0.25, -0.2) is 0 Å². The number of unbranched alkanes of at least 4 members (excludes halogenated alkanes) is 5. The SMILES string of the molecule is CCCCCCCCN1C(=O)c2ccc3c4ncc5c6c(ccc(c7ncc(c2c37)C1=O)c64)C(=O)N(CCO)C5=O. The van der Waals surface area contributed by atoms with Crippen LogP contribution in [0, 0.1) is 0 Å². The summed E-state index contributed by atoms with van der Waals surface area (Å²) in [5.41, 5.74) is 2.67.